The van der Waals surface area contributed by atoms with E-state index in [4.69, 9.17) is 4.74 Å². The molecule has 0 bridgehead atoms. The molecule has 1 fully saturated rings. The quantitative estimate of drug-likeness (QED) is 0.474. The maximum atomic E-state index is 12.8. The highest BCUT2D eigenvalue weighted by molar-refractivity contribution is 5.75. The van der Waals surface area contributed by atoms with Gasteiger partial charge in [0, 0.05) is 18.3 Å². The first-order valence-corrected chi connectivity index (χ1v) is 11.3. The lowest BCUT2D eigenvalue weighted by molar-refractivity contribution is -0.137. The Hall–Kier alpha value is -3.55. The van der Waals surface area contributed by atoms with Crippen molar-refractivity contribution < 1.29 is 22.7 Å². The zero-order chi connectivity index (χ0) is 24.0. The Bertz CT molecular complexity index is 1010. The van der Waals surface area contributed by atoms with Crippen molar-refractivity contribution in [2.24, 2.45) is 0 Å². The van der Waals surface area contributed by atoms with Crippen molar-refractivity contribution in [3.63, 3.8) is 0 Å². The van der Waals surface area contributed by atoms with Gasteiger partial charge in [0.25, 0.3) is 0 Å². The summed E-state index contributed by atoms with van der Waals surface area (Å²) in [5, 5.41) is 6.13. The summed E-state index contributed by atoms with van der Waals surface area (Å²) in [5.41, 5.74) is 1.18. The summed E-state index contributed by atoms with van der Waals surface area (Å²) >= 11 is 0. The molecule has 1 saturated carbocycles. The summed E-state index contributed by atoms with van der Waals surface area (Å²) < 4.78 is 43.8. The van der Waals surface area contributed by atoms with Gasteiger partial charge in [0.05, 0.1) is 11.6 Å². The van der Waals surface area contributed by atoms with Gasteiger partial charge in [-0.1, -0.05) is 60.7 Å². The van der Waals surface area contributed by atoms with Gasteiger partial charge in [-0.15, -0.1) is 0 Å². The second-order valence-electron chi connectivity index (χ2n) is 8.35. The third-order valence-corrected chi connectivity index (χ3v) is 5.90. The molecule has 1 aliphatic carbocycles. The van der Waals surface area contributed by atoms with Crippen molar-refractivity contribution in [3.8, 4) is 5.88 Å². The number of urea groups is 1. The van der Waals surface area contributed by atoms with E-state index in [0.717, 1.165) is 23.4 Å². The van der Waals surface area contributed by atoms with Crippen LogP contribution < -0.4 is 15.4 Å². The molecule has 8 heteroatoms. The maximum absolute atomic E-state index is 12.8. The number of ether oxygens (including phenoxy) is 1. The summed E-state index contributed by atoms with van der Waals surface area (Å²) in [6.45, 7) is 0. The summed E-state index contributed by atoms with van der Waals surface area (Å²) in [5.74, 6) is 0.177. The molecule has 4 rings (SSSR count). The van der Waals surface area contributed by atoms with Crippen LogP contribution in [0, 0.1) is 0 Å². The van der Waals surface area contributed by atoms with Gasteiger partial charge >= 0.3 is 12.2 Å². The fourth-order valence-electron chi connectivity index (χ4n) is 4.12. The van der Waals surface area contributed by atoms with Crippen LogP contribution in [0.15, 0.2) is 79.0 Å². The molecule has 1 aliphatic rings. The molecule has 178 valence electrons. The molecule has 1 heterocycles. The monoisotopic (exact) mass is 469 g/mol. The zero-order valence-corrected chi connectivity index (χ0v) is 18.5. The number of halogens is 3. The minimum atomic E-state index is -4.42. The molecule has 0 spiro atoms. The van der Waals surface area contributed by atoms with Crippen LogP contribution in [0.25, 0.3) is 0 Å². The first kappa shape index (κ1) is 23.6. The molecule has 0 radical (unpaired) electrons. The summed E-state index contributed by atoms with van der Waals surface area (Å²) in [4.78, 5) is 16.6. The third kappa shape index (κ3) is 6.27. The van der Waals surface area contributed by atoms with Crippen LogP contribution in [0.2, 0.25) is 0 Å². The van der Waals surface area contributed by atoms with Crippen molar-refractivity contribution in [2.75, 3.05) is 0 Å². The second-order valence-corrected chi connectivity index (χ2v) is 8.35. The van der Waals surface area contributed by atoms with Gasteiger partial charge in [-0.05, 0) is 42.9 Å². The van der Waals surface area contributed by atoms with Crippen LogP contribution in [0.1, 0.15) is 48.4 Å². The predicted octanol–water partition coefficient (Wildman–Crippen LogP) is 5.88. The van der Waals surface area contributed by atoms with Crippen molar-refractivity contribution in [3.05, 3.63) is 95.7 Å². The zero-order valence-electron chi connectivity index (χ0n) is 18.5. The maximum Gasteiger partial charge on any atom is 0.417 e. The van der Waals surface area contributed by atoms with Crippen LogP contribution >= 0.6 is 0 Å². The predicted molar refractivity (Wildman–Crippen MR) is 122 cm³/mol. The first-order chi connectivity index (χ1) is 16.4. The lowest BCUT2D eigenvalue weighted by Gasteiger charge is -2.30. The lowest BCUT2D eigenvalue weighted by Crippen LogP contribution is -2.45. The molecule has 2 N–H and O–H groups in total. The molecular weight excluding hydrogens is 443 g/mol. The van der Waals surface area contributed by atoms with Crippen LogP contribution in [0.5, 0.6) is 5.88 Å². The normalized spacial score (nSPS) is 18.4. The smallest absolute Gasteiger partial charge is 0.417 e. The van der Waals surface area contributed by atoms with Gasteiger partial charge in [-0.2, -0.15) is 13.2 Å². The standard InChI is InChI=1S/C26H26F3N3O2/c27-26(28,29)20-11-16-23(30-17-20)34-22-14-12-21(13-15-22)31-25(33)32-24(18-7-3-1-4-8-18)19-9-5-2-6-10-19/h1-11,16-17,21-22,24H,12-15H2,(H2,31,32,33). The number of aromatic nitrogens is 1. The van der Waals surface area contributed by atoms with Crippen molar-refractivity contribution in [2.45, 2.75) is 50.0 Å². The fraction of sp³-hybridized carbons (Fsp3) is 0.308. The van der Waals surface area contributed by atoms with E-state index >= 15 is 0 Å². The average Bonchev–Trinajstić information content (AvgIpc) is 2.85. The van der Waals surface area contributed by atoms with Crippen molar-refractivity contribution >= 4 is 6.03 Å². The van der Waals surface area contributed by atoms with Gasteiger partial charge in [-0.3, -0.25) is 0 Å². The Balaban J connectivity index is 1.29. The van der Waals surface area contributed by atoms with Crippen molar-refractivity contribution in [1.29, 1.82) is 0 Å². The molecule has 2 amide bonds. The SMILES string of the molecule is O=C(NC1CCC(Oc2ccc(C(F)(F)F)cn2)CC1)NC(c1ccccc1)c1ccccc1. The largest absolute Gasteiger partial charge is 0.474 e. The number of hydrogen-bond donors (Lipinski definition) is 2. The number of benzene rings is 2. The molecular formula is C26H26F3N3O2. The fourth-order valence-corrected chi connectivity index (χ4v) is 4.12. The molecule has 2 aromatic carbocycles. The Kier molecular flexibility index (Phi) is 7.35. The molecule has 0 unspecified atom stereocenters. The Morgan fingerprint density at radius 1 is 0.882 bits per heavy atom. The number of nitrogens with one attached hydrogen (secondary N) is 2. The van der Waals surface area contributed by atoms with E-state index in [1.54, 1.807) is 0 Å². The molecule has 0 atom stereocenters. The van der Waals surface area contributed by atoms with Crippen LogP contribution in [-0.4, -0.2) is 23.2 Å². The van der Waals surface area contributed by atoms with E-state index in [1.165, 1.54) is 6.07 Å². The van der Waals surface area contributed by atoms with Crippen LogP contribution in [0.4, 0.5) is 18.0 Å². The minimum Gasteiger partial charge on any atom is -0.474 e. The summed E-state index contributed by atoms with van der Waals surface area (Å²) in [6, 6.07) is 21.3. The van der Waals surface area contributed by atoms with E-state index in [2.05, 4.69) is 15.6 Å². The minimum absolute atomic E-state index is 0.00684. The number of carbonyl (C=O) groups excluding carboxylic acids is 1. The van der Waals surface area contributed by atoms with Gasteiger partial charge < -0.3 is 15.4 Å². The van der Waals surface area contributed by atoms with E-state index in [-0.39, 0.29) is 30.1 Å². The second kappa shape index (κ2) is 10.6. The van der Waals surface area contributed by atoms with E-state index in [0.29, 0.717) is 25.7 Å². The number of carbonyl (C=O) groups is 1. The molecule has 0 saturated heterocycles. The van der Waals surface area contributed by atoms with E-state index < -0.39 is 11.7 Å². The number of amides is 2. The number of pyridine rings is 1. The summed E-state index contributed by atoms with van der Waals surface area (Å²) in [6.07, 6.45) is -1.02. The first-order valence-electron chi connectivity index (χ1n) is 11.3. The molecule has 0 aliphatic heterocycles. The molecule has 34 heavy (non-hydrogen) atoms. The number of alkyl halides is 3. The van der Waals surface area contributed by atoms with E-state index in [9.17, 15) is 18.0 Å². The van der Waals surface area contributed by atoms with Gasteiger partial charge in [0.15, 0.2) is 0 Å². The Labute approximate surface area is 196 Å². The van der Waals surface area contributed by atoms with Crippen LogP contribution in [0.3, 0.4) is 0 Å². The van der Waals surface area contributed by atoms with Crippen LogP contribution in [-0.2, 0) is 6.18 Å². The molecule has 3 aromatic rings. The van der Waals surface area contributed by atoms with E-state index in [1.807, 2.05) is 60.7 Å². The highest BCUT2D eigenvalue weighted by atomic mass is 19.4. The lowest BCUT2D eigenvalue weighted by atomic mass is 9.93. The van der Waals surface area contributed by atoms with Crippen molar-refractivity contribution in [1.82, 2.24) is 15.6 Å². The highest BCUT2D eigenvalue weighted by Crippen LogP contribution is 2.30. The molecule has 5 nitrogen and oxygen atoms in total. The number of rotatable bonds is 6. The number of nitrogens with zero attached hydrogens (tertiary/aromatic N) is 1. The molecule has 1 aromatic heterocycles. The Morgan fingerprint density at radius 2 is 1.47 bits per heavy atom. The number of hydrogen-bond acceptors (Lipinski definition) is 3. The summed E-state index contributed by atoms with van der Waals surface area (Å²) in [7, 11) is 0. The Morgan fingerprint density at radius 3 is 1.97 bits per heavy atom. The highest BCUT2D eigenvalue weighted by Gasteiger charge is 2.31. The topological polar surface area (TPSA) is 63.2 Å². The average molecular weight is 470 g/mol. The van der Waals surface area contributed by atoms with Gasteiger partial charge in [-0.25, -0.2) is 9.78 Å². The van der Waals surface area contributed by atoms with Gasteiger partial charge in [0.1, 0.15) is 6.10 Å². The third-order valence-electron chi connectivity index (χ3n) is 5.90. The van der Waals surface area contributed by atoms with Gasteiger partial charge in [0.2, 0.25) is 5.88 Å².